The molecule has 0 aliphatic rings. The summed E-state index contributed by atoms with van der Waals surface area (Å²) < 4.78 is 5.74. The van der Waals surface area contributed by atoms with Crippen molar-refractivity contribution in [1.29, 1.82) is 0 Å². The fourth-order valence-electron chi connectivity index (χ4n) is 2.43. The molecule has 8 nitrogen and oxygen atoms in total. The van der Waals surface area contributed by atoms with Gasteiger partial charge in [0.05, 0.1) is 10.6 Å². The Labute approximate surface area is 165 Å². The van der Waals surface area contributed by atoms with Crippen molar-refractivity contribution in [3.8, 4) is 17.0 Å². The number of aromatic nitrogens is 2. The van der Waals surface area contributed by atoms with Crippen LogP contribution in [-0.2, 0) is 4.79 Å². The van der Waals surface area contributed by atoms with E-state index in [0.717, 1.165) is 0 Å². The summed E-state index contributed by atoms with van der Waals surface area (Å²) in [5.41, 5.74) is -0.0807. The van der Waals surface area contributed by atoms with Gasteiger partial charge in [0.25, 0.3) is 11.6 Å². The Morgan fingerprint density at radius 2 is 1.93 bits per heavy atom. The molecule has 144 valence electrons. The third-order valence-electron chi connectivity index (χ3n) is 3.92. The highest BCUT2D eigenvalue weighted by molar-refractivity contribution is 6.30. The molecule has 2 aromatic carbocycles. The number of nitro benzene ring substituents is 1. The van der Waals surface area contributed by atoms with Gasteiger partial charge in [-0.25, -0.2) is 0 Å². The highest BCUT2D eigenvalue weighted by Crippen LogP contribution is 2.25. The van der Waals surface area contributed by atoms with Gasteiger partial charge in [0.1, 0.15) is 5.75 Å². The summed E-state index contributed by atoms with van der Waals surface area (Å²) in [6.45, 7) is 3.26. The van der Waals surface area contributed by atoms with Crippen molar-refractivity contribution in [2.45, 2.75) is 19.4 Å². The van der Waals surface area contributed by atoms with E-state index in [4.69, 9.17) is 16.3 Å². The smallest absolute Gasteiger partial charge is 0.270 e. The lowest BCUT2D eigenvalue weighted by Gasteiger charge is -2.24. The molecule has 0 spiro atoms. The first-order chi connectivity index (χ1) is 13.2. The first kappa shape index (κ1) is 19.4. The molecule has 0 aliphatic heterocycles. The van der Waals surface area contributed by atoms with E-state index in [1.807, 2.05) is 0 Å². The predicted molar refractivity (Wildman–Crippen MR) is 105 cm³/mol. The average Bonchev–Trinajstić information content (AvgIpc) is 3.12. The molecule has 2 N–H and O–H groups in total. The van der Waals surface area contributed by atoms with Crippen LogP contribution in [0.3, 0.4) is 0 Å². The molecule has 0 fully saturated rings. The van der Waals surface area contributed by atoms with Crippen molar-refractivity contribution >= 4 is 29.0 Å². The van der Waals surface area contributed by atoms with Crippen LogP contribution in [0.25, 0.3) is 11.3 Å². The normalized spacial score (nSPS) is 11.1. The average molecular weight is 401 g/mol. The minimum absolute atomic E-state index is 0.0322. The number of nitrogens with one attached hydrogen (secondary N) is 2. The number of halogens is 1. The van der Waals surface area contributed by atoms with Crippen molar-refractivity contribution in [2.75, 3.05) is 5.32 Å². The largest absolute Gasteiger partial charge is 0.478 e. The van der Waals surface area contributed by atoms with Gasteiger partial charge in [0.15, 0.2) is 11.4 Å². The maximum Gasteiger partial charge on any atom is 0.270 e. The molecule has 0 saturated carbocycles. The van der Waals surface area contributed by atoms with Gasteiger partial charge in [-0.05, 0) is 38.1 Å². The second-order valence-corrected chi connectivity index (χ2v) is 6.93. The van der Waals surface area contributed by atoms with Crippen molar-refractivity contribution in [3.05, 3.63) is 69.7 Å². The predicted octanol–water partition coefficient (Wildman–Crippen LogP) is 4.43. The summed E-state index contributed by atoms with van der Waals surface area (Å²) in [6.07, 6.45) is 0. The zero-order valence-electron chi connectivity index (χ0n) is 15.1. The molecule has 0 radical (unpaired) electrons. The molecule has 1 aromatic heterocycles. The van der Waals surface area contributed by atoms with Crippen molar-refractivity contribution in [1.82, 2.24) is 10.2 Å². The standard InChI is InChI=1S/C19H17ClN4O4/c1-19(2,28-15-8-6-13(20)7-9-15)18(25)21-17-11-16(22-23-17)12-4-3-5-14(10-12)24(26)27/h3-11H,1-2H3,(H2,21,22,23,25). The topological polar surface area (TPSA) is 110 Å². The number of carbonyl (C=O) groups is 1. The van der Waals surface area contributed by atoms with Crippen LogP contribution >= 0.6 is 11.6 Å². The van der Waals surface area contributed by atoms with Crippen LogP contribution in [0.1, 0.15) is 13.8 Å². The number of H-pyrrole nitrogens is 1. The van der Waals surface area contributed by atoms with Crippen molar-refractivity contribution < 1.29 is 14.5 Å². The monoisotopic (exact) mass is 400 g/mol. The second-order valence-electron chi connectivity index (χ2n) is 6.49. The number of amides is 1. The minimum atomic E-state index is -1.17. The van der Waals surface area contributed by atoms with E-state index in [0.29, 0.717) is 22.0 Å². The lowest BCUT2D eigenvalue weighted by Crippen LogP contribution is -2.42. The number of hydrogen-bond acceptors (Lipinski definition) is 5. The lowest BCUT2D eigenvalue weighted by atomic mass is 10.1. The summed E-state index contributed by atoms with van der Waals surface area (Å²) in [6, 6.07) is 14.4. The third-order valence-corrected chi connectivity index (χ3v) is 4.17. The molecule has 0 unspecified atom stereocenters. The van der Waals surface area contributed by atoms with E-state index in [-0.39, 0.29) is 11.5 Å². The fourth-order valence-corrected chi connectivity index (χ4v) is 2.56. The van der Waals surface area contributed by atoms with Gasteiger partial charge in [-0.2, -0.15) is 5.10 Å². The first-order valence-corrected chi connectivity index (χ1v) is 8.69. The van der Waals surface area contributed by atoms with E-state index >= 15 is 0 Å². The fraction of sp³-hybridized carbons (Fsp3) is 0.158. The summed E-state index contributed by atoms with van der Waals surface area (Å²) >= 11 is 5.85. The number of nitro groups is 1. The van der Waals surface area contributed by atoms with Crippen molar-refractivity contribution in [3.63, 3.8) is 0 Å². The van der Waals surface area contributed by atoms with Gasteiger partial charge in [0, 0.05) is 28.8 Å². The molecule has 1 heterocycles. The number of hydrogen-bond donors (Lipinski definition) is 2. The number of anilines is 1. The van der Waals surface area contributed by atoms with E-state index in [9.17, 15) is 14.9 Å². The SMILES string of the molecule is CC(C)(Oc1ccc(Cl)cc1)C(=O)Nc1cc(-c2cccc([N+](=O)[O-])c2)[nH]n1. The Kier molecular flexibility index (Phi) is 5.32. The van der Waals surface area contributed by atoms with Crippen LogP contribution in [0.2, 0.25) is 5.02 Å². The van der Waals surface area contributed by atoms with Crippen molar-refractivity contribution in [2.24, 2.45) is 0 Å². The molecule has 28 heavy (non-hydrogen) atoms. The zero-order chi connectivity index (χ0) is 20.3. The summed E-state index contributed by atoms with van der Waals surface area (Å²) in [7, 11) is 0. The molecule has 3 rings (SSSR count). The number of aromatic amines is 1. The molecule has 0 saturated heterocycles. The number of benzene rings is 2. The van der Waals surface area contributed by atoms with Crippen LogP contribution in [0.5, 0.6) is 5.75 Å². The number of ether oxygens (including phenoxy) is 1. The minimum Gasteiger partial charge on any atom is -0.478 e. The Balaban J connectivity index is 1.71. The Morgan fingerprint density at radius 3 is 2.61 bits per heavy atom. The molecular weight excluding hydrogens is 384 g/mol. The van der Waals surface area contributed by atoms with E-state index in [1.165, 1.54) is 12.1 Å². The molecule has 0 atom stereocenters. The van der Waals surface area contributed by atoms with Gasteiger partial charge < -0.3 is 10.1 Å². The summed E-state index contributed by atoms with van der Waals surface area (Å²) in [5.74, 6) is 0.377. The van der Waals surface area contributed by atoms with Gasteiger partial charge in [-0.1, -0.05) is 23.7 Å². The Bertz CT molecular complexity index is 1010. The summed E-state index contributed by atoms with van der Waals surface area (Å²) in [4.78, 5) is 23.0. The van der Waals surface area contributed by atoms with Crippen LogP contribution in [-0.4, -0.2) is 26.6 Å². The second kappa shape index (κ2) is 7.69. The van der Waals surface area contributed by atoms with E-state index in [2.05, 4.69) is 15.5 Å². The Hall–Kier alpha value is -3.39. The van der Waals surface area contributed by atoms with Gasteiger partial charge in [0.2, 0.25) is 0 Å². The lowest BCUT2D eigenvalue weighted by molar-refractivity contribution is -0.384. The molecule has 3 aromatic rings. The number of rotatable bonds is 6. The quantitative estimate of drug-likeness (QED) is 0.469. The van der Waals surface area contributed by atoms with Gasteiger partial charge in [-0.15, -0.1) is 0 Å². The molecular formula is C19H17ClN4O4. The van der Waals surface area contributed by atoms with Crippen LogP contribution in [0.4, 0.5) is 11.5 Å². The van der Waals surface area contributed by atoms with Crippen LogP contribution < -0.4 is 10.1 Å². The third kappa shape index (κ3) is 4.47. The molecule has 0 aliphatic carbocycles. The highest BCUT2D eigenvalue weighted by atomic mass is 35.5. The van der Waals surface area contributed by atoms with Gasteiger partial charge >= 0.3 is 0 Å². The Morgan fingerprint density at radius 1 is 1.21 bits per heavy atom. The first-order valence-electron chi connectivity index (χ1n) is 8.31. The van der Waals surface area contributed by atoms with E-state index < -0.39 is 16.4 Å². The van der Waals surface area contributed by atoms with E-state index in [1.54, 1.807) is 56.3 Å². The summed E-state index contributed by atoms with van der Waals surface area (Å²) in [5, 5.41) is 21.0. The number of nitrogens with zero attached hydrogens (tertiary/aromatic N) is 2. The van der Waals surface area contributed by atoms with Gasteiger partial charge in [-0.3, -0.25) is 20.0 Å². The molecule has 9 heteroatoms. The van der Waals surface area contributed by atoms with Crippen LogP contribution in [0.15, 0.2) is 54.6 Å². The maximum atomic E-state index is 12.6. The molecule has 1 amide bonds. The zero-order valence-corrected chi connectivity index (χ0v) is 15.9. The number of carbonyl (C=O) groups excluding carboxylic acids is 1. The van der Waals surface area contributed by atoms with Crippen LogP contribution in [0, 0.1) is 10.1 Å². The molecule has 0 bridgehead atoms. The highest BCUT2D eigenvalue weighted by Gasteiger charge is 2.30. The maximum absolute atomic E-state index is 12.6. The number of non-ortho nitro benzene ring substituents is 1.